The first-order chi connectivity index (χ1) is 12.5. The summed E-state index contributed by atoms with van der Waals surface area (Å²) in [5.41, 5.74) is -0.00186. The van der Waals surface area contributed by atoms with E-state index in [9.17, 15) is 9.18 Å². The number of allylic oxidation sites excluding steroid dienone is 1. The van der Waals surface area contributed by atoms with Gasteiger partial charge in [0.05, 0.1) is 7.11 Å². The Morgan fingerprint density at radius 3 is 2.88 bits per heavy atom. The van der Waals surface area contributed by atoms with Gasteiger partial charge in [-0.2, -0.15) is 0 Å². The van der Waals surface area contributed by atoms with E-state index in [0.717, 1.165) is 6.42 Å². The fraction of sp³-hybridized carbons (Fsp3) is 0.571. The van der Waals surface area contributed by atoms with Crippen LogP contribution in [0.25, 0.3) is 0 Å². The summed E-state index contributed by atoms with van der Waals surface area (Å²) in [6, 6.07) is 4.94. The molecule has 4 rings (SSSR count). The molecule has 26 heavy (non-hydrogen) atoms. The van der Waals surface area contributed by atoms with Crippen molar-refractivity contribution in [2.75, 3.05) is 13.9 Å². The minimum absolute atomic E-state index is 0.00560. The van der Waals surface area contributed by atoms with Gasteiger partial charge < -0.3 is 14.2 Å². The van der Waals surface area contributed by atoms with E-state index in [4.69, 9.17) is 14.2 Å². The van der Waals surface area contributed by atoms with Gasteiger partial charge in [0.25, 0.3) is 0 Å². The van der Waals surface area contributed by atoms with Crippen LogP contribution < -0.4 is 4.74 Å². The standard InChI is InChI=1S/C21H25FO4/c1-13(7-15-5-6-17(24-2)9-18(15)22)21-11-16(8-14-3-4-14)19(23)10-20(21)25-12-26-21/h5-6,9-10,13-14,16H,3-4,7-8,11-12H2,1-2H3/t13?,16?,21-/m1/s1. The fourth-order valence-corrected chi connectivity index (χ4v) is 4.29. The molecule has 2 aliphatic carbocycles. The van der Waals surface area contributed by atoms with Gasteiger partial charge in [0.2, 0.25) is 0 Å². The van der Waals surface area contributed by atoms with E-state index in [1.54, 1.807) is 18.2 Å². The van der Waals surface area contributed by atoms with E-state index in [2.05, 4.69) is 6.92 Å². The maximum absolute atomic E-state index is 14.4. The minimum Gasteiger partial charge on any atom is -0.497 e. The van der Waals surface area contributed by atoms with Crippen molar-refractivity contribution in [3.63, 3.8) is 0 Å². The van der Waals surface area contributed by atoms with Gasteiger partial charge >= 0.3 is 0 Å². The van der Waals surface area contributed by atoms with Crippen LogP contribution in [0.1, 0.15) is 38.2 Å². The molecule has 2 unspecified atom stereocenters. The maximum atomic E-state index is 14.4. The van der Waals surface area contributed by atoms with Crippen molar-refractivity contribution >= 4 is 5.78 Å². The molecule has 1 aromatic rings. The number of halogens is 1. The number of benzene rings is 1. The molecule has 1 aromatic carbocycles. The average molecular weight is 360 g/mol. The fourth-order valence-electron chi connectivity index (χ4n) is 4.29. The molecule has 0 spiro atoms. The molecule has 1 saturated carbocycles. The Balaban J connectivity index is 1.57. The third-order valence-electron chi connectivity index (χ3n) is 6.07. The van der Waals surface area contributed by atoms with E-state index in [-0.39, 0.29) is 30.2 Å². The molecule has 1 saturated heterocycles. The summed E-state index contributed by atoms with van der Waals surface area (Å²) in [5.74, 6) is 1.65. The van der Waals surface area contributed by atoms with Crippen LogP contribution >= 0.6 is 0 Å². The van der Waals surface area contributed by atoms with Crippen molar-refractivity contribution < 1.29 is 23.4 Å². The lowest BCUT2D eigenvalue weighted by Crippen LogP contribution is -2.45. The van der Waals surface area contributed by atoms with Gasteiger partial charge in [-0.25, -0.2) is 4.39 Å². The molecule has 1 heterocycles. The second-order valence-corrected chi connectivity index (χ2v) is 7.85. The van der Waals surface area contributed by atoms with Gasteiger partial charge in [-0.3, -0.25) is 4.79 Å². The van der Waals surface area contributed by atoms with E-state index >= 15 is 0 Å². The van der Waals surface area contributed by atoms with Gasteiger partial charge in [-0.15, -0.1) is 0 Å². The van der Waals surface area contributed by atoms with Gasteiger partial charge in [-0.1, -0.05) is 25.8 Å². The van der Waals surface area contributed by atoms with E-state index in [0.29, 0.717) is 35.8 Å². The van der Waals surface area contributed by atoms with Crippen molar-refractivity contribution in [2.45, 2.75) is 44.6 Å². The molecule has 2 fully saturated rings. The first kappa shape index (κ1) is 17.5. The lowest BCUT2D eigenvalue weighted by Gasteiger charge is -2.38. The number of carbonyl (C=O) groups is 1. The van der Waals surface area contributed by atoms with Crippen molar-refractivity contribution in [2.24, 2.45) is 17.8 Å². The van der Waals surface area contributed by atoms with Crippen LogP contribution in [-0.4, -0.2) is 25.3 Å². The molecule has 1 aliphatic heterocycles. The molecule has 5 heteroatoms. The molecular formula is C21H25FO4. The van der Waals surface area contributed by atoms with Gasteiger partial charge in [0.15, 0.2) is 12.6 Å². The lowest BCUT2D eigenvalue weighted by molar-refractivity contribution is -0.124. The van der Waals surface area contributed by atoms with Crippen LogP contribution in [-0.2, 0) is 20.7 Å². The zero-order valence-electron chi connectivity index (χ0n) is 15.3. The summed E-state index contributed by atoms with van der Waals surface area (Å²) >= 11 is 0. The van der Waals surface area contributed by atoms with Crippen LogP contribution in [0.5, 0.6) is 5.75 Å². The average Bonchev–Trinajstić information content (AvgIpc) is 3.34. The van der Waals surface area contributed by atoms with Crippen LogP contribution in [0.4, 0.5) is 4.39 Å². The number of fused-ring (bicyclic) bond motifs is 1. The van der Waals surface area contributed by atoms with E-state index in [1.807, 2.05) is 0 Å². The predicted octanol–water partition coefficient (Wildman–Crippen LogP) is 4.03. The number of ketones is 1. The summed E-state index contributed by atoms with van der Waals surface area (Å²) in [6.45, 7) is 2.21. The number of carbonyl (C=O) groups excluding carboxylic acids is 1. The molecule has 3 atom stereocenters. The zero-order valence-corrected chi connectivity index (χ0v) is 15.3. The summed E-state index contributed by atoms with van der Waals surface area (Å²) in [4.78, 5) is 12.5. The predicted molar refractivity (Wildman–Crippen MR) is 94.1 cm³/mol. The highest BCUT2D eigenvalue weighted by Crippen LogP contribution is 2.48. The van der Waals surface area contributed by atoms with Crippen molar-refractivity contribution in [3.05, 3.63) is 41.4 Å². The molecular weight excluding hydrogens is 335 g/mol. The number of ether oxygens (including phenoxy) is 3. The van der Waals surface area contributed by atoms with Crippen LogP contribution in [0.2, 0.25) is 0 Å². The summed E-state index contributed by atoms with van der Waals surface area (Å²) in [7, 11) is 1.52. The van der Waals surface area contributed by atoms with Crippen molar-refractivity contribution in [1.82, 2.24) is 0 Å². The Bertz CT molecular complexity index is 740. The van der Waals surface area contributed by atoms with Gasteiger partial charge in [0.1, 0.15) is 22.9 Å². The highest BCUT2D eigenvalue weighted by atomic mass is 19.1. The quantitative estimate of drug-likeness (QED) is 0.768. The molecule has 0 amide bonds. The van der Waals surface area contributed by atoms with Crippen LogP contribution in [0.3, 0.4) is 0 Å². The Hall–Kier alpha value is -1.88. The SMILES string of the molecule is COc1ccc(CC(C)[C@]23CC(CC4CC4)C(=O)C=C2OCO3)c(F)c1. The molecule has 0 radical (unpaired) electrons. The highest BCUT2D eigenvalue weighted by Gasteiger charge is 2.52. The minimum atomic E-state index is -0.625. The normalized spacial score (nSPS) is 29.0. The van der Waals surface area contributed by atoms with Gasteiger partial charge in [0, 0.05) is 18.1 Å². The lowest BCUT2D eigenvalue weighted by atomic mass is 9.71. The Labute approximate surface area is 153 Å². The number of hydrogen-bond donors (Lipinski definition) is 0. The number of rotatable bonds is 6. The first-order valence-corrected chi connectivity index (χ1v) is 9.37. The van der Waals surface area contributed by atoms with E-state index < -0.39 is 5.60 Å². The molecule has 4 nitrogen and oxygen atoms in total. The number of methoxy groups -OCH3 is 1. The highest BCUT2D eigenvalue weighted by molar-refractivity contribution is 5.93. The first-order valence-electron chi connectivity index (χ1n) is 9.37. The Morgan fingerprint density at radius 2 is 2.19 bits per heavy atom. The van der Waals surface area contributed by atoms with Crippen LogP contribution in [0, 0.1) is 23.6 Å². The van der Waals surface area contributed by atoms with Crippen molar-refractivity contribution in [1.29, 1.82) is 0 Å². The summed E-state index contributed by atoms with van der Waals surface area (Å²) < 4.78 is 31.2. The molecule has 0 aromatic heterocycles. The third-order valence-corrected chi connectivity index (χ3v) is 6.07. The van der Waals surface area contributed by atoms with Crippen molar-refractivity contribution in [3.8, 4) is 5.75 Å². The monoisotopic (exact) mass is 360 g/mol. The topological polar surface area (TPSA) is 44.8 Å². The smallest absolute Gasteiger partial charge is 0.189 e. The zero-order chi connectivity index (χ0) is 18.3. The maximum Gasteiger partial charge on any atom is 0.189 e. The molecule has 140 valence electrons. The molecule has 3 aliphatic rings. The van der Waals surface area contributed by atoms with Crippen LogP contribution in [0.15, 0.2) is 30.0 Å². The molecule has 0 N–H and O–H groups in total. The largest absolute Gasteiger partial charge is 0.497 e. The Morgan fingerprint density at radius 1 is 1.38 bits per heavy atom. The third kappa shape index (κ3) is 3.13. The van der Waals surface area contributed by atoms with E-state index in [1.165, 1.54) is 26.0 Å². The summed E-state index contributed by atoms with van der Waals surface area (Å²) in [6.07, 6.45) is 6.14. The second kappa shape index (κ2) is 6.69. The molecule has 0 bridgehead atoms. The Kier molecular flexibility index (Phi) is 4.51. The number of hydrogen-bond acceptors (Lipinski definition) is 4. The second-order valence-electron chi connectivity index (χ2n) is 7.85. The van der Waals surface area contributed by atoms with Gasteiger partial charge in [-0.05, 0) is 42.7 Å². The summed E-state index contributed by atoms with van der Waals surface area (Å²) in [5, 5.41) is 0.